The van der Waals surface area contributed by atoms with Crippen molar-refractivity contribution in [3.05, 3.63) is 35.9 Å². The van der Waals surface area contributed by atoms with Crippen LogP contribution in [0.2, 0.25) is 0 Å². The normalized spacial score (nSPS) is 18.6. The van der Waals surface area contributed by atoms with Gasteiger partial charge in [-0.3, -0.25) is 4.90 Å². The van der Waals surface area contributed by atoms with Crippen molar-refractivity contribution in [2.45, 2.75) is 18.4 Å². The van der Waals surface area contributed by atoms with E-state index in [-0.39, 0.29) is 12.1 Å². The largest absolute Gasteiger partial charge is 0.480 e. The number of nitrogens with zero attached hydrogens (tertiary/aromatic N) is 1. The van der Waals surface area contributed by atoms with Crippen LogP contribution in [-0.4, -0.2) is 47.8 Å². The first-order valence-electron chi connectivity index (χ1n) is 6.32. The SMILES string of the molecule is CC1(OCC(=O)O)CN(CC(F)(F)c2ccccc2)C1. The van der Waals surface area contributed by atoms with E-state index in [0.717, 1.165) is 0 Å². The van der Waals surface area contributed by atoms with Gasteiger partial charge in [0.05, 0.1) is 12.1 Å². The Kier molecular flexibility index (Phi) is 4.06. The van der Waals surface area contributed by atoms with Crippen molar-refractivity contribution >= 4 is 5.97 Å². The second kappa shape index (κ2) is 5.46. The van der Waals surface area contributed by atoms with Gasteiger partial charge in [-0.1, -0.05) is 30.3 Å². The van der Waals surface area contributed by atoms with Gasteiger partial charge in [-0.15, -0.1) is 0 Å². The molecule has 0 amide bonds. The fourth-order valence-electron chi connectivity index (χ4n) is 2.39. The molecule has 1 saturated heterocycles. The number of likely N-dealkylation sites (tertiary alicyclic amines) is 1. The standard InChI is InChI=1S/C14H17F2NO3/c1-13(20-7-12(18)19)8-17(9-13)10-14(15,16)11-5-3-2-4-6-11/h2-6H,7-10H2,1H3,(H,18,19). The molecule has 6 heteroatoms. The van der Waals surface area contributed by atoms with Crippen LogP contribution in [0.4, 0.5) is 8.78 Å². The Hall–Kier alpha value is -1.53. The van der Waals surface area contributed by atoms with Gasteiger partial charge in [-0.05, 0) is 6.92 Å². The van der Waals surface area contributed by atoms with Gasteiger partial charge in [-0.2, -0.15) is 8.78 Å². The Labute approximate surface area is 116 Å². The molecular weight excluding hydrogens is 268 g/mol. The van der Waals surface area contributed by atoms with Crippen LogP contribution in [0.1, 0.15) is 12.5 Å². The summed E-state index contributed by atoms with van der Waals surface area (Å²) in [7, 11) is 0. The molecule has 0 bridgehead atoms. The average molecular weight is 285 g/mol. The highest BCUT2D eigenvalue weighted by Crippen LogP contribution is 2.33. The highest BCUT2D eigenvalue weighted by atomic mass is 19.3. The van der Waals surface area contributed by atoms with Crippen molar-refractivity contribution in [3.63, 3.8) is 0 Å². The van der Waals surface area contributed by atoms with Crippen molar-refractivity contribution in [2.24, 2.45) is 0 Å². The van der Waals surface area contributed by atoms with E-state index in [1.54, 1.807) is 30.0 Å². The maximum absolute atomic E-state index is 14.0. The summed E-state index contributed by atoms with van der Waals surface area (Å²) >= 11 is 0. The summed E-state index contributed by atoms with van der Waals surface area (Å²) in [4.78, 5) is 12.0. The lowest BCUT2D eigenvalue weighted by molar-refractivity contribution is -0.175. The number of halogens is 2. The lowest BCUT2D eigenvalue weighted by Crippen LogP contribution is -2.63. The minimum absolute atomic E-state index is 0.0138. The molecule has 1 fully saturated rings. The van der Waals surface area contributed by atoms with E-state index in [2.05, 4.69) is 0 Å². The Bertz CT molecular complexity index is 473. The van der Waals surface area contributed by atoms with E-state index < -0.39 is 24.1 Å². The van der Waals surface area contributed by atoms with Crippen LogP contribution in [-0.2, 0) is 15.5 Å². The zero-order valence-corrected chi connectivity index (χ0v) is 11.2. The van der Waals surface area contributed by atoms with E-state index in [9.17, 15) is 13.6 Å². The summed E-state index contributed by atoms with van der Waals surface area (Å²) in [6.45, 7) is 1.56. The zero-order chi connectivity index (χ0) is 14.8. The molecule has 0 aromatic heterocycles. The maximum atomic E-state index is 14.0. The fraction of sp³-hybridized carbons (Fsp3) is 0.500. The summed E-state index contributed by atoms with van der Waals surface area (Å²) in [6, 6.07) is 7.67. The minimum Gasteiger partial charge on any atom is -0.480 e. The topological polar surface area (TPSA) is 49.8 Å². The first-order chi connectivity index (χ1) is 9.31. The van der Waals surface area contributed by atoms with Crippen LogP contribution in [0.3, 0.4) is 0 Å². The minimum atomic E-state index is -2.92. The molecule has 1 aromatic carbocycles. The number of hydrogen-bond acceptors (Lipinski definition) is 3. The van der Waals surface area contributed by atoms with Gasteiger partial charge in [0.1, 0.15) is 6.61 Å². The third-order valence-corrected chi connectivity index (χ3v) is 3.28. The van der Waals surface area contributed by atoms with Crippen LogP contribution >= 0.6 is 0 Å². The molecule has 0 unspecified atom stereocenters. The summed E-state index contributed by atoms with van der Waals surface area (Å²) in [5, 5.41) is 8.54. The first-order valence-corrected chi connectivity index (χ1v) is 6.32. The number of benzene rings is 1. The van der Waals surface area contributed by atoms with Crippen LogP contribution < -0.4 is 0 Å². The Morgan fingerprint density at radius 2 is 2.00 bits per heavy atom. The number of carboxylic acids is 1. The highest BCUT2D eigenvalue weighted by Gasteiger charge is 2.45. The summed E-state index contributed by atoms with van der Waals surface area (Å²) in [6.07, 6.45) is 0. The molecule has 1 aliphatic rings. The van der Waals surface area contributed by atoms with Gasteiger partial charge in [0.25, 0.3) is 5.92 Å². The Balaban J connectivity index is 1.86. The number of ether oxygens (including phenoxy) is 1. The molecule has 0 aliphatic carbocycles. The molecule has 1 N–H and O–H groups in total. The number of hydrogen-bond donors (Lipinski definition) is 1. The molecule has 2 rings (SSSR count). The van der Waals surface area contributed by atoms with E-state index in [1.165, 1.54) is 12.1 Å². The zero-order valence-electron chi connectivity index (χ0n) is 11.2. The third-order valence-electron chi connectivity index (χ3n) is 3.28. The number of rotatable bonds is 6. The van der Waals surface area contributed by atoms with Gasteiger partial charge in [0, 0.05) is 18.7 Å². The van der Waals surface area contributed by atoms with Gasteiger partial charge >= 0.3 is 5.97 Å². The van der Waals surface area contributed by atoms with Crippen LogP contribution in [0.25, 0.3) is 0 Å². The van der Waals surface area contributed by atoms with Crippen LogP contribution in [0.5, 0.6) is 0 Å². The molecule has 1 aromatic rings. The van der Waals surface area contributed by atoms with Gasteiger partial charge < -0.3 is 9.84 Å². The van der Waals surface area contributed by atoms with Crippen molar-refractivity contribution in [1.82, 2.24) is 4.90 Å². The number of aliphatic carboxylic acids is 1. The molecule has 1 heterocycles. The lowest BCUT2D eigenvalue weighted by Gasteiger charge is -2.48. The summed E-state index contributed by atoms with van der Waals surface area (Å²) < 4.78 is 33.2. The molecule has 0 atom stereocenters. The van der Waals surface area contributed by atoms with Crippen molar-refractivity contribution in [2.75, 3.05) is 26.2 Å². The maximum Gasteiger partial charge on any atom is 0.329 e. The Morgan fingerprint density at radius 3 is 2.55 bits per heavy atom. The highest BCUT2D eigenvalue weighted by molar-refractivity contribution is 5.68. The molecule has 20 heavy (non-hydrogen) atoms. The molecular formula is C14H17F2NO3. The second-order valence-electron chi connectivity index (χ2n) is 5.35. The number of alkyl halides is 2. The predicted octanol–water partition coefficient (Wildman–Crippen LogP) is 1.95. The number of carboxylic acid groups (broad SMARTS) is 1. The summed E-state index contributed by atoms with van der Waals surface area (Å²) in [5.74, 6) is -3.98. The van der Waals surface area contributed by atoms with Crippen molar-refractivity contribution in [3.8, 4) is 0 Å². The molecule has 0 radical (unpaired) electrons. The quantitative estimate of drug-likeness (QED) is 0.868. The molecule has 110 valence electrons. The van der Waals surface area contributed by atoms with Crippen molar-refractivity contribution < 1.29 is 23.4 Å². The third kappa shape index (κ3) is 3.52. The summed E-state index contributed by atoms with van der Waals surface area (Å²) in [5.41, 5.74) is -0.661. The first kappa shape index (κ1) is 14.9. The van der Waals surface area contributed by atoms with E-state index >= 15 is 0 Å². The number of carbonyl (C=O) groups is 1. The van der Waals surface area contributed by atoms with E-state index in [0.29, 0.717) is 13.1 Å². The smallest absolute Gasteiger partial charge is 0.329 e. The average Bonchev–Trinajstić information content (AvgIpc) is 2.35. The molecule has 0 saturated carbocycles. The van der Waals surface area contributed by atoms with E-state index in [4.69, 9.17) is 9.84 Å². The Morgan fingerprint density at radius 1 is 1.40 bits per heavy atom. The predicted molar refractivity (Wildman–Crippen MR) is 68.8 cm³/mol. The lowest BCUT2D eigenvalue weighted by atomic mass is 9.95. The van der Waals surface area contributed by atoms with Crippen LogP contribution in [0, 0.1) is 0 Å². The monoisotopic (exact) mass is 285 g/mol. The van der Waals surface area contributed by atoms with Crippen molar-refractivity contribution in [1.29, 1.82) is 0 Å². The van der Waals surface area contributed by atoms with Crippen LogP contribution in [0.15, 0.2) is 30.3 Å². The second-order valence-corrected chi connectivity index (χ2v) is 5.35. The van der Waals surface area contributed by atoms with Gasteiger partial charge in [0.2, 0.25) is 0 Å². The molecule has 0 spiro atoms. The molecule has 1 aliphatic heterocycles. The van der Waals surface area contributed by atoms with E-state index in [1.807, 2.05) is 0 Å². The molecule has 4 nitrogen and oxygen atoms in total. The fourth-order valence-corrected chi connectivity index (χ4v) is 2.39. The van der Waals surface area contributed by atoms with Gasteiger partial charge in [0.15, 0.2) is 0 Å². The van der Waals surface area contributed by atoms with Gasteiger partial charge in [-0.25, -0.2) is 4.79 Å².